The molecule has 3 rings (SSSR count). The Morgan fingerprint density at radius 2 is 1.89 bits per heavy atom. The summed E-state index contributed by atoms with van der Waals surface area (Å²) in [6.45, 7) is 0.945. The summed E-state index contributed by atoms with van der Waals surface area (Å²) in [7, 11) is 0. The number of aromatic amines is 1. The molecule has 0 bridgehead atoms. The summed E-state index contributed by atoms with van der Waals surface area (Å²) in [6.07, 6.45) is 0.877. The van der Waals surface area contributed by atoms with E-state index in [2.05, 4.69) is 10.3 Å². The Balaban J connectivity index is 1.42. The number of fused-ring (bicyclic) bond motifs is 1. The van der Waals surface area contributed by atoms with E-state index >= 15 is 0 Å². The van der Waals surface area contributed by atoms with Crippen molar-refractivity contribution >= 4 is 34.3 Å². The normalized spacial score (nSPS) is 10.9. The fourth-order valence-corrected chi connectivity index (χ4v) is 3.11. The molecule has 1 amide bonds. The van der Waals surface area contributed by atoms with Crippen molar-refractivity contribution in [3.8, 4) is 0 Å². The van der Waals surface area contributed by atoms with Gasteiger partial charge in [-0.3, -0.25) is 14.2 Å². The zero-order valence-corrected chi connectivity index (χ0v) is 15.5. The average Bonchev–Trinajstić information content (AvgIpc) is 2.98. The first kappa shape index (κ1) is 18.9. The van der Waals surface area contributed by atoms with Crippen LogP contribution in [0.25, 0.3) is 11.0 Å². The predicted octanol–water partition coefficient (Wildman–Crippen LogP) is 3.15. The first-order valence-corrected chi connectivity index (χ1v) is 9.15. The highest BCUT2D eigenvalue weighted by Gasteiger charge is 2.10. The lowest BCUT2D eigenvalue weighted by molar-refractivity contribution is -0.121. The molecule has 2 N–H and O–H groups in total. The number of aromatic nitrogens is 2. The summed E-state index contributed by atoms with van der Waals surface area (Å²) >= 11 is 5.87. The third-order valence-electron chi connectivity index (χ3n) is 4.29. The SMILES string of the molecule is O=C(CCC(=O)c1cccc(Cl)c1)NCCCn1c(=O)[nH]c2ccccc21. The van der Waals surface area contributed by atoms with Gasteiger partial charge in [-0.1, -0.05) is 35.9 Å². The molecule has 0 aliphatic heterocycles. The van der Waals surface area contributed by atoms with Crippen molar-refractivity contribution < 1.29 is 9.59 Å². The topological polar surface area (TPSA) is 84.0 Å². The van der Waals surface area contributed by atoms with Gasteiger partial charge in [0.25, 0.3) is 0 Å². The second-order valence-corrected chi connectivity index (χ2v) is 6.67. The number of carbonyl (C=O) groups is 2. The van der Waals surface area contributed by atoms with Crippen LogP contribution in [0.4, 0.5) is 0 Å². The lowest BCUT2D eigenvalue weighted by Gasteiger charge is -2.06. The van der Waals surface area contributed by atoms with Gasteiger partial charge in [0, 0.05) is 36.5 Å². The van der Waals surface area contributed by atoms with E-state index in [4.69, 9.17) is 11.6 Å². The summed E-state index contributed by atoms with van der Waals surface area (Å²) in [5, 5.41) is 3.29. The van der Waals surface area contributed by atoms with Gasteiger partial charge in [0.2, 0.25) is 5.91 Å². The van der Waals surface area contributed by atoms with E-state index < -0.39 is 0 Å². The molecular formula is C20H20ClN3O3. The smallest absolute Gasteiger partial charge is 0.326 e. The van der Waals surface area contributed by atoms with Crippen LogP contribution in [0.15, 0.2) is 53.3 Å². The third-order valence-corrected chi connectivity index (χ3v) is 4.52. The number of nitrogens with one attached hydrogen (secondary N) is 2. The maximum absolute atomic E-state index is 12.1. The molecule has 140 valence electrons. The molecule has 0 saturated carbocycles. The molecule has 0 saturated heterocycles. The Kier molecular flexibility index (Phi) is 6.08. The zero-order valence-electron chi connectivity index (χ0n) is 14.7. The van der Waals surface area contributed by atoms with Crippen molar-refractivity contribution in [3.05, 3.63) is 69.6 Å². The molecule has 0 radical (unpaired) electrons. The number of amides is 1. The number of hydrogen-bond donors (Lipinski definition) is 2. The molecule has 6 nitrogen and oxygen atoms in total. The molecule has 1 aromatic heterocycles. The van der Waals surface area contributed by atoms with Gasteiger partial charge in [-0.05, 0) is 30.7 Å². The Morgan fingerprint density at radius 1 is 1.07 bits per heavy atom. The first-order chi connectivity index (χ1) is 13.0. The molecule has 1 heterocycles. The molecule has 0 atom stereocenters. The largest absolute Gasteiger partial charge is 0.356 e. The number of Topliss-reactive ketones (excluding diaryl/α,β-unsaturated/α-hetero) is 1. The van der Waals surface area contributed by atoms with E-state index in [1.165, 1.54) is 0 Å². The van der Waals surface area contributed by atoms with Crippen LogP contribution >= 0.6 is 11.6 Å². The van der Waals surface area contributed by atoms with Crippen LogP contribution in [0.3, 0.4) is 0 Å². The van der Waals surface area contributed by atoms with Crippen LogP contribution < -0.4 is 11.0 Å². The maximum Gasteiger partial charge on any atom is 0.326 e. The number of nitrogens with zero attached hydrogens (tertiary/aromatic N) is 1. The van der Waals surface area contributed by atoms with Crippen LogP contribution in [0.5, 0.6) is 0 Å². The molecule has 0 spiro atoms. The fraction of sp³-hybridized carbons (Fsp3) is 0.250. The Morgan fingerprint density at radius 3 is 2.70 bits per heavy atom. The Hall–Kier alpha value is -2.86. The molecular weight excluding hydrogens is 366 g/mol. The second-order valence-electron chi connectivity index (χ2n) is 6.24. The van der Waals surface area contributed by atoms with Crippen molar-refractivity contribution in [2.75, 3.05) is 6.54 Å². The maximum atomic E-state index is 12.1. The molecule has 2 aromatic carbocycles. The highest BCUT2D eigenvalue weighted by atomic mass is 35.5. The number of carbonyl (C=O) groups excluding carboxylic acids is 2. The molecule has 0 aliphatic carbocycles. The van der Waals surface area contributed by atoms with Crippen molar-refractivity contribution in [1.29, 1.82) is 0 Å². The van der Waals surface area contributed by atoms with Crippen LogP contribution in [0.1, 0.15) is 29.6 Å². The average molecular weight is 386 g/mol. The highest BCUT2D eigenvalue weighted by Crippen LogP contribution is 2.13. The molecule has 3 aromatic rings. The molecule has 0 fully saturated rings. The van der Waals surface area contributed by atoms with Crippen LogP contribution in [-0.4, -0.2) is 27.8 Å². The molecule has 7 heteroatoms. The Bertz CT molecular complexity index is 1020. The van der Waals surface area contributed by atoms with E-state index in [0.29, 0.717) is 30.1 Å². The van der Waals surface area contributed by atoms with Crippen molar-refractivity contribution in [1.82, 2.24) is 14.9 Å². The van der Waals surface area contributed by atoms with Gasteiger partial charge < -0.3 is 10.3 Å². The minimum Gasteiger partial charge on any atom is -0.356 e. The number of halogens is 1. The Labute approximate surface area is 161 Å². The lowest BCUT2D eigenvalue weighted by Crippen LogP contribution is -2.26. The van der Waals surface area contributed by atoms with E-state index in [1.54, 1.807) is 28.8 Å². The second kappa shape index (κ2) is 8.68. The minimum absolute atomic E-state index is 0.113. The number of rotatable bonds is 8. The van der Waals surface area contributed by atoms with E-state index in [0.717, 1.165) is 11.0 Å². The molecule has 0 unspecified atom stereocenters. The predicted molar refractivity (Wildman–Crippen MR) is 105 cm³/mol. The van der Waals surface area contributed by atoms with E-state index in [-0.39, 0.29) is 30.2 Å². The summed E-state index contributed by atoms with van der Waals surface area (Å²) in [4.78, 5) is 38.8. The van der Waals surface area contributed by atoms with Gasteiger partial charge >= 0.3 is 5.69 Å². The monoisotopic (exact) mass is 385 g/mol. The van der Waals surface area contributed by atoms with Gasteiger partial charge in [0.1, 0.15) is 0 Å². The number of ketones is 1. The molecule has 27 heavy (non-hydrogen) atoms. The van der Waals surface area contributed by atoms with E-state index in [9.17, 15) is 14.4 Å². The summed E-state index contributed by atoms with van der Waals surface area (Å²) in [5.74, 6) is -0.297. The van der Waals surface area contributed by atoms with Crippen LogP contribution in [-0.2, 0) is 11.3 Å². The summed E-state index contributed by atoms with van der Waals surface area (Å²) < 4.78 is 1.66. The van der Waals surface area contributed by atoms with Gasteiger partial charge in [-0.25, -0.2) is 4.79 Å². The summed E-state index contributed by atoms with van der Waals surface area (Å²) in [5.41, 5.74) is 2.00. The van der Waals surface area contributed by atoms with Crippen LogP contribution in [0.2, 0.25) is 5.02 Å². The standard InChI is InChI=1S/C20H20ClN3O3/c21-15-6-3-5-14(13-15)18(25)9-10-19(26)22-11-4-12-24-17-8-2-1-7-16(17)23-20(24)27/h1-3,5-8,13H,4,9-12H2,(H,22,26)(H,23,27). The molecule has 0 aliphatic rings. The number of H-pyrrole nitrogens is 1. The van der Waals surface area contributed by atoms with Gasteiger partial charge in [0.15, 0.2) is 5.78 Å². The highest BCUT2D eigenvalue weighted by molar-refractivity contribution is 6.31. The number of benzene rings is 2. The lowest BCUT2D eigenvalue weighted by atomic mass is 10.1. The van der Waals surface area contributed by atoms with Gasteiger partial charge in [-0.15, -0.1) is 0 Å². The fourth-order valence-electron chi connectivity index (χ4n) is 2.92. The van der Waals surface area contributed by atoms with Gasteiger partial charge in [-0.2, -0.15) is 0 Å². The third kappa shape index (κ3) is 4.86. The van der Waals surface area contributed by atoms with Crippen LogP contribution in [0, 0.1) is 0 Å². The summed E-state index contributed by atoms with van der Waals surface area (Å²) in [6, 6.07) is 14.2. The number of hydrogen-bond acceptors (Lipinski definition) is 3. The first-order valence-electron chi connectivity index (χ1n) is 8.77. The van der Waals surface area contributed by atoms with Gasteiger partial charge in [0.05, 0.1) is 11.0 Å². The van der Waals surface area contributed by atoms with E-state index in [1.807, 2.05) is 24.3 Å². The number of para-hydroxylation sites is 2. The van der Waals surface area contributed by atoms with Crippen molar-refractivity contribution in [2.45, 2.75) is 25.8 Å². The zero-order chi connectivity index (χ0) is 19.2. The minimum atomic E-state index is -0.184. The van der Waals surface area contributed by atoms with Crippen molar-refractivity contribution in [2.24, 2.45) is 0 Å². The number of imidazole rings is 1. The van der Waals surface area contributed by atoms with Crippen molar-refractivity contribution in [3.63, 3.8) is 0 Å². The number of aryl methyl sites for hydroxylation is 1. The quantitative estimate of drug-likeness (QED) is 0.461.